The van der Waals surface area contributed by atoms with Crippen molar-refractivity contribution in [2.24, 2.45) is 0 Å². The van der Waals surface area contributed by atoms with Crippen LogP contribution < -0.4 is 5.32 Å². The van der Waals surface area contributed by atoms with Gasteiger partial charge in [0.05, 0.1) is 0 Å². The van der Waals surface area contributed by atoms with Gasteiger partial charge in [-0.15, -0.1) is 0 Å². The van der Waals surface area contributed by atoms with Gasteiger partial charge in [-0.25, -0.2) is 0 Å². The van der Waals surface area contributed by atoms with Crippen LogP contribution in [-0.4, -0.2) is 61.2 Å². The molecule has 2 aliphatic heterocycles. The topological polar surface area (TPSA) is 18.5 Å². The van der Waals surface area contributed by atoms with Crippen molar-refractivity contribution in [1.82, 2.24) is 15.1 Å². The van der Waals surface area contributed by atoms with Crippen molar-refractivity contribution in [3.63, 3.8) is 0 Å². The summed E-state index contributed by atoms with van der Waals surface area (Å²) in [6, 6.07) is 1.55. The van der Waals surface area contributed by atoms with Crippen LogP contribution in [0.3, 0.4) is 0 Å². The van der Waals surface area contributed by atoms with Crippen molar-refractivity contribution in [3.05, 3.63) is 0 Å². The average molecular weight is 239 g/mol. The molecule has 2 aliphatic rings. The van der Waals surface area contributed by atoms with Gasteiger partial charge in [-0.1, -0.05) is 6.42 Å². The lowest BCUT2D eigenvalue weighted by atomic mass is 9.97. The molecule has 0 amide bonds. The van der Waals surface area contributed by atoms with E-state index in [1.165, 1.54) is 38.8 Å². The first kappa shape index (κ1) is 13.3. The summed E-state index contributed by atoms with van der Waals surface area (Å²) >= 11 is 0. The Hall–Kier alpha value is -0.120. The molecule has 2 rings (SSSR count). The molecule has 2 saturated heterocycles. The normalized spacial score (nSPS) is 30.9. The highest BCUT2D eigenvalue weighted by Gasteiger charge is 2.36. The number of hydrogen-bond acceptors (Lipinski definition) is 3. The Kier molecular flexibility index (Phi) is 4.11. The molecule has 2 unspecified atom stereocenters. The highest BCUT2D eigenvalue weighted by atomic mass is 15.2. The molecule has 2 heterocycles. The van der Waals surface area contributed by atoms with Crippen LogP contribution in [0.25, 0.3) is 0 Å². The minimum absolute atomic E-state index is 0.252. The van der Waals surface area contributed by atoms with Crippen LogP contribution in [0.1, 0.15) is 39.5 Å². The summed E-state index contributed by atoms with van der Waals surface area (Å²) in [5.41, 5.74) is 0.252. The van der Waals surface area contributed by atoms with Gasteiger partial charge in [0.2, 0.25) is 0 Å². The number of nitrogens with zero attached hydrogens (tertiary/aromatic N) is 2. The molecule has 0 saturated carbocycles. The van der Waals surface area contributed by atoms with Gasteiger partial charge >= 0.3 is 0 Å². The number of rotatable bonds is 4. The first-order chi connectivity index (χ1) is 8.00. The number of piperidine rings is 1. The Balaban J connectivity index is 1.83. The van der Waals surface area contributed by atoms with E-state index in [-0.39, 0.29) is 5.54 Å². The lowest BCUT2D eigenvalue weighted by Crippen LogP contribution is -2.52. The Morgan fingerprint density at radius 3 is 2.65 bits per heavy atom. The molecule has 0 aromatic heterocycles. The third kappa shape index (κ3) is 3.01. The summed E-state index contributed by atoms with van der Waals surface area (Å²) in [4.78, 5) is 5.01. The number of fused-ring (bicyclic) bond motifs is 1. The molecule has 100 valence electrons. The lowest BCUT2D eigenvalue weighted by Gasteiger charge is -2.37. The lowest BCUT2D eigenvalue weighted by molar-refractivity contribution is 0.157. The predicted molar refractivity (Wildman–Crippen MR) is 73.4 cm³/mol. The molecule has 2 atom stereocenters. The molecule has 3 heteroatoms. The molecule has 1 N–H and O–H groups in total. The van der Waals surface area contributed by atoms with E-state index in [4.69, 9.17) is 0 Å². The van der Waals surface area contributed by atoms with Crippen molar-refractivity contribution >= 4 is 0 Å². The number of likely N-dealkylation sites (N-methyl/N-ethyl adjacent to an activating group) is 1. The predicted octanol–water partition coefficient (Wildman–Crippen LogP) is 1.54. The smallest absolute Gasteiger partial charge is 0.0271 e. The second-order valence-electron chi connectivity index (χ2n) is 6.58. The van der Waals surface area contributed by atoms with Crippen LogP contribution in [0.2, 0.25) is 0 Å². The van der Waals surface area contributed by atoms with Crippen LogP contribution >= 0.6 is 0 Å². The first-order valence-corrected chi connectivity index (χ1v) is 7.15. The fraction of sp³-hybridized carbons (Fsp3) is 1.00. The highest BCUT2D eigenvalue weighted by Crippen LogP contribution is 2.27. The largest absolute Gasteiger partial charge is 0.311 e. The Labute approximate surface area is 107 Å². The van der Waals surface area contributed by atoms with Crippen LogP contribution in [0.15, 0.2) is 0 Å². The van der Waals surface area contributed by atoms with Crippen LogP contribution in [0.4, 0.5) is 0 Å². The summed E-state index contributed by atoms with van der Waals surface area (Å²) in [7, 11) is 4.34. The minimum Gasteiger partial charge on any atom is -0.311 e. The van der Waals surface area contributed by atoms with E-state index in [0.717, 1.165) is 18.6 Å². The maximum Gasteiger partial charge on any atom is 0.0271 e. The van der Waals surface area contributed by atoms with E-state index in [2.05, 4.69) is 43.1 Å². The van der Waals surface area contributed by atoms with E-state index in [1.807, 2.05) is 0 Å². The van der Waals surface area contributed by atoms with E-state index < -0.39 is 0 Å². The molecule has 0 aliphatic carbocycles. The first-order valence-electron chi connectivity index (χ1n) is 7.15. The van der Waals surface area contributed by atoms with Gasteiger partial charge < -0.3 is 10.2 Å². The maximum atomic E-state index is 3.82. The number of hydrogen-bond donors (Lipinski definition) is 1. The van der Waals surface area contributed by atoms with Crippen molar-refractivity contribution in [2.75, 3.05) is 33.7 Å². The Bertz CT molecular complexity index is 250. The monoisotopic (exact) mass is 239 g/mol. The average Bonchev–Trinajstić information content (AvgIpc) is 2.69. The van der Waals surface area contributed by atoms with E-state index >= 15 is 0 Å². The van der Waals surface area contributed by atoms with Gasteiger partial charge in [-0.3, -0.25) is 4.90 Å². The van der Waals surface area contributed by atoms with E-state index in [1.54, 1.807) is 0 Å². The van der Waals surface area contributed by atoms with Gasteiger partial charge in [0.25, 0.3) is 0 Å². The summed E-state index contributed by atoms with van der Waals surface area (Å²) in [5.74, 6) is 0. The van der Waals surface area contributed by atoms with Gasteiger partial charge in [0.15, 0.2) is 0 Å². The molecule has 0 bridgehead atoms. The third-order valence-corrected chi connectivity index (χ3v) is 4.86. The Morgan fingerprint density at radius 1 is 1.18 bits per heavy atom. The molecular formula is C14H29N3. The van der Waals surface area contributed by atoms with Crippen molar-refractivity contribution in [1.29, 1.82) is 0 Å². The summed E-state index contributed by atoms with van der Waals surface area (Å²) in [6.45, 7) is 8.36. The van der Waals surface area contributed by atoms with Gasteiger partial charge in [-0.05, 0) is 53.8 Å². The number of nitrogens with one attached hydrogen (secondary N) is 1. The third-order valence-electron chi connectivity index (χ3n) is 4.86. The SMILES string of the molecule is CN(C)C(C)(C)CNC1CCN2CCCCC12. The molecule has 0 aromatic rings. The molecule has 0 aromatic carbocycles. The highest BCUT2D eigenvalue weighted by molar-refractivity contribution is 4.95. The van der Waals surface area contributed by atoms with Gasteiger partial charge in [-0.2, -0.15) is 0 Å². The molecule has 17 heavy (non-hydrogen) atoms. The van der Waals surface area contributed by atoms with E-state index in [9.17, 15) is 0 Å². The molecule has 2 fully saturated rings. The summed E-state index contributed by atoms with van der Waals surface area (Å²) < 4.78 is 0. The maximum absolute atomic E-state index is 3.82. The molecule has 0 spiro atoms. The molecule has 0 radical (unpaired) electrons. The van der Waals surface area contributed by atoms with Crippen LogP contribution in [0.5, 0.6) is 0 Å². The van der Waals surface area contributed by atoms with Crippen molar-refractivity contribution in [3.8, 4) is 0 Å². The van der Waals surface area contributed by atoms with Crippen molar-refractivity contribution < 1.29 is 0 Å². The molecule has 3 nitrogen and oxygen atoms in total. The second kappa shape index (κ2) is 5.25. The summed E-state index contributed by atoms with van der Waals surface area (Å²) in [6.07, 6.45) is 5.58. The van der Waals surface area contributed by atoms with Crippen LogP contribution in [0, 0.1) is 0 Å². The standard InChI is InChI=1S/C14H29N3/c1-14(2,16(3)4)11-15-12-8-10-17-9-6-5-7-13(12)17/h12-13,15H,5-11H2,1-4H3. The van der Waals surface area contributed by atoms with Crippen LogP contribution in [-0.2, 0) is 0 Å². The second-order valence-corrected chi connectivity index (χ2v) is 6.58. The zero-order chi connectivity index (χ0) is 12.5. The Morgan fingerprint density at radius 2 is 1.94 bits per heavy atom. The zero-order valence-corrected chi connectivity index (χ0v) is 12.0. The van der Waals surface area contributed by atoms with Gasteiger partial charge in [0, 0.05) is 30.7 Å². The minimum atomic E-state index is 0.252. The van der Waals surface area contributed by atoms with Gasteiger partial charge in [0.1, 0.15) is 0 Å². The fourth-order valence-corrected chi connectivity index (χ4v) is 3.02. The fourth-order valence-electron chi connectivity index (χ4n) is 3.02. The van der Waals surface area contributed by atoms with E-state index in [0.29, 0.717) is 0 Å². The summed E-state index contributed by atoms with van der Waals surface area (Å²) in [5, 5.41) is 3.82. The quantitative estimate of drug-likeness (QED) is 0.803. The zero-order valence-electron chi connectivity index (χ0n) is 12.0. The molecular weight excluding hydrogens is 210 g/mol. The van der Waals surface area contributed by atoms with Crippen molar-refractivity contribution in [2.45, 2.75) is 57.2 Å².